The molecule has 19 rings (SSSR count). The molecule has 6 aliphatic rings. The highest BCUT2D eigenvalue weighted by Gasteiger charge is 2.43. The summed E-state index contributed by atoms with van der Waals surface area (Å²) in [5.74, 6) is 2.84. The topological polar surface area (TPSA) is 284 Å². The first kappa shape index (κ1) is 105. The molecule has 9 aromatic carbocycles. The number of amides is 4. The van der Waals surface area contributed by atoms with E-state index < -0.39 is 58.5 Å². The number of ether oxygens (including phenoxy) is 4. The fraction of sp³-hybridized carbons (Fsp3) is 0.339. The number of aliphatic hydroxyl groups is 1. The number of rotatable bonds is 26. The first-order valence-corrected chi connectivity index (χ1v) is 48.9. The summed E-state index contributed by atoms with van der Waals surface area (Å²) in [5.41, 5.74) is 2.34. The van der Waals surface area contributed by atoms with Crippen molar-refractivity contribution >= 4 is 58.3 Å². The number of para-hydroxylation sites is 3. The summed E-state index contributed by atoms with van der Waals surface area (Å²) in [5, 5.41) is 19.2. The van der Waals surface area contributed by atoms with Crippen LogP contribution in [0.2, 0.25) is 0 Å². The molecule has 0 bridgehead atoms. The van der Waals surface area contributed by atoms with Gasteiger partial charge in [0.1, 0.15) is 35.7 Å². The maximum absolute atomic E-state index is 13.8. The SMILES string of the molecule is CC(Cc1ccc(C(F)(F)F)cc1)C(=O)c1ccc(OCc2nccn2C)cc1.O=C([C@@H]1CCN(c2ccccc2)C1=O)N1CCC(SCc2ccccn2)CC1.O=C(c1cccc(C(F)(F)F)c1)[C@@H]1CCCN(C(=O)CCc2ccc3c(c2)OCO3)C1.O=C(c1nc(-c2ccccc2F)no1)N1CCN(c2ccccc2)CC1.OC1(c2cccc(C(F)(F)F)c2)CCC(Cc2nc(COc3ccccc3)no2)CC1. The Kier molecular flexibility index (Phi) is 35.2. The van der Waals surface area contributed by atoms with Gasteiger partial charge >= 0.3 is 30.3 Å². The lowest BCUT2D eigenvalue weighted by Crippen LogP contribution is -2.48. The maximum atomic E-state index is 13.8. The number of benzene rings is 9. The van der Waals surface area contributed by atoms with Gasteiger partial charge in [-0.1, -0.05) is 132 Å². The standard InChI is InChI=1S/C23H23F3N2O3.C23H22F3NO4.C22H21F3N2O2.C22H25N3O2S.C19H17FN4O2/c24-23(25,26)18-6-4-5-17(14-18)22(29)11-9-16(10-12-22)13-21-27-20(28-31-21)15-30-19-7-2-1-3-8-19;24-23(25,26)18-5-1-3-16(12-18)22(29)17-4-2-10-27(13-17)21(28)9-7-15-6-8-19-20(11-15)31-14-30-19;1-15(13-16-3-7-18(8-4-16)22(23,24)25)21(28)17-5-9-19(10-6-17)29-14-20-26-11-12-27(20)2;26-21(20-11-15-25(22(20)27)18-7-2-1-3-8-18)24-13-9-19(10-14-24)28-16-17-6-4-5-12-23-17;20-16-9-5-4-8-15(16)17-21-18(26-22-17)19(25)24-12-10-23(11-13-24)14-6-2-1-3-7-14/h1-8,14,16,29H,9-13,15H2;1,3,5-6,8,11-12,17H,2,4,7,9-10,13-14H2;3-12,15H,13-14H2,1-2H3;1-8,12,19-20H,9-11,13-16H2;1-9H,10-13H2/t;17-;;20-;/m.1.0./s1. The number of carbonyl (C=O) groups excluding carboxylic acids is 6. The molecule has 1 aliphatic carbocycles. The Morgan fingerprint density at radius 2 is 1.20 bits per heavy atom. The number of Topliss-reactive ketones (excluding diaryl/α,β-unsaturated/α-hetero) is 2. The van der Waals surface area contributed by atoms with Crippen LogP contribution in [0.3, 0.4) is 0 Å². The van der Waals surface area contributed by atoms with E-state index >= 15 is 0 Å². The van der Waals surface area contributed by atoms with Gasteiger partial charge in [0.05, 0.1) is 33.5 Å². The van der Waals surface area contributed by atoms with Crippen molar-refractivity contribution in [2.75, 3.05) is 75.5 Å². The number of hydrogen-bond acceptors (Lipinski definition) is 21. The Hall–Kier alpha value is -14.6. The van der Waals surface area contributed by atoms with Crippen molar-refractivity contribution in [2.45, 2.75) is 139 Å². The molecule has 5 fully saturated rings. The number of hydrogen-bond donors (Lipinski definition) is 1. The average molecular weight is 2020 g/mol. The number of imidazole rings is 1. The monoisotopic (exact) mass is 2010 g/mol. The van der Waals surface area contributed by atoms with Crippen molar-refractivity contribution in [3.8, 4) is 34.4 Å². The molecule has 13 aromatic rings. The molecule has 1 saturated carbocycles. The van der Waals surface area contributed by atoms with Gasteiger partial charge in [0.15, 0.2) is 29.7 Å². The lowest BCUT2D eigenvalue weighted by Gasteiger charge is -2.36. The molecule has 1 unspecified atom stereocenters. The molecule has 758 valence electrons. The first-order valence-electron chi connectivity index (χ1n) is 47.8. The van der Waals surface area contributed by atoms with Crippen LogP contribution < -0.4 is 28.7 Å². The quantitative estimate of drug-likeness (QED) is 0.0299. The zero-order chi connectivity index (χ0) is 102. The van der Waals surface area contributed by atoms with Gasteiger partial charge in [-0.3, -0.25) is 33.8 Å². The number of halogens is 10. The van der Waals surface area contributed by atoms with Crippen LogP contribution in [0.5, 0.6) is 23.0 Å². The zero-order valence-electron chi connectivity index (χ0n) is 79.6. The maximum Gasteiger partial charge on any atom is 0.416 e. The van der Waals surface area contributed by atoms with E-state index in [0.717, 1.165) is 115 Å². The first-order chi connectivity index (χ1) is 69.8. The van der Waals surface area contributed by atoms with Gasteiger partial charge in [0.25, 0.3) is 0 Å². The summed E-state index contributed by atoms with van der Waals surface area (Å²) < 4.78 is 164. The lowest BCUT2D eigenvalue weighted by atomic mass is 9.74. The third-order valence-corrected chi connectivity index (χ3v) is 27.5. The van der Waals surface area contributed by atoms with Crippen LogP contribution in [-0.2, 0) is 83.8 Å². The predicted octanol–water partition coefficient (Wildman–Crippen LogP) is 21.1. The molecule has 25 nitrogen and oxygen atoms in total. The number of anilines is 2. The Bertz CT molecular complexity index is 6460. The molecule has 36 heteroatoms. The molecule has 5 aliphatic heterocycles. The van der Waals surface area contributed by atoms with E-state index in [1.807, 2.05) is 150 Å². The van der Waals surface area contributed by atoms with Gasteiger partial charge in [-0.25, -0.2) is 9.37 Å². The van der Waals surface area contributed by atoms with E-state index in [2.05, 4.69) is 53.3 Å². The summed E-state index contributed by atoms with van der Waals surface area (Å²) in [6, 6.07) is 67.9. The van der Waals surface area contributed by atoms with Crippen LogP contribution in [-0.4, -0.2) is 161 Å². The molecular weight excluding hydrogens is 1910 g/mol. The number of aryl methyl sites for hydroxylation is 2. The van der Waals surface area contributed by atoms with Gasteiger partial charge < -0.3 is 62.2 Å². The number of alkyl halides is 9. The highest BCUT2D eigenvalue weighted by Crippen LogP contribution is 2.44. The molecule has 9 heterocycles. The van der Waals surface area contributed by atoms with Crippen LogP contribution in [0.1, 0.15) is 159 Å². The third kappa shape index (κ3) is 28.7. The Morgan fingerprint density at radius 1 is 0.559 bits per heavy atom. The summed E-state index contributed by atoms with van der Waals surface area (Å²) >= 11 is 1.92. The predicted molar refractivity (Wildman–Crippen MR) is 521 cm³/mol. The van der Waals surface area contributed by atoms with Gasteiger partial charge in [-0.15, -0.1) is 0 Å². The smallest absolute Gasteiger partial charge is 0.416 e. The zero-order valence-corrected chi connectivity index (χ0v) is 80.4. The van der Waals surface area contributed by atoms with Crippen molar-refractivity contribution in [1.82, 2.24) is 49.5 Å². The molecule has 4 amide bonds. The number of aromatic nitrogens is 7. The van der Waals surface area contributed by atoms with Gasteiger partial charge in [0, 0.05) is 143 Å². The average Bonchev–Trinajstić information content (AvgIpc) is 1.78. The number of likely N-dealkylation sites (tertiary alicyclic amines) is 2. The van der Waals surface area contributed by atoms with Crippen LogP contribution in [0, 0.1) is 29.5 Å². The van der Waals surface area contributed by atoms with E-state index in [1.165, 1.54) is 36.4 Å². The minimum Gasteiger partial charge on any atom is -0.486 e. The van der Waals surface area contributed by atoms with Crippen molar-refractivity contribution in [3.63, 3.8) is 0 Å². The Balaban J connectivity index is 0.000000136. The van der Waals surface area contributed by atoms with E-state index in [0.29, 0.717) is 148 Å². The van der Waals surface area contributed by atoms with E-state index in [1.54, 1.807) is 76.4 Å². The molecular formula is C109H108F10N12O13S. The van der Waals surface area contributed by atoms with Crippen molar-refractivity contribution in [3.05, 3.63) is 347 Å². The van der Waals surface area contributed by atoms with Gasteiger partial charge in [-0.05, 0) is 227 Å². The number of piperidine rings is 2. The molecule has 0 spiro atoms. The number of ketones is 2. The van der Waals surface area contributed by atoms with Crippen LogP contribution in [0.4, 0.5) is 55.3 Å². The molecule has 0 radical (unpaired) electrons. The number of thioether (sulfide) groups is 1. The number of piperazine rings is 1. The molecule has 4 aromatic heterocycles. The highest BCUT2D eigenvalue weighted by atomic mass is 32.2. The summed E-state index contributed by atoms with van der Waals surface area (Å²) in [6.45, 7) is 7.94. The highest BCUT2D eigenvalue weighted by molar-refractivity contribution is 7.99. The second-order valence-corrected chi connectivity index (χ2v) is 37.3. The molecule has 4 saturated heterocycles. The van der Waals surface area contributed by atoms with Crippen LogP contribution in [0.15, 0.2) is 276 Å². The fourth-order valence-electron chi connectivity index (χ4n) is 17.9. The fourth-order valence-corrected chi connectivity index (χ4v) is 19.0. The Labute approximate surface area is 835 Å². The second kappa shape index (κ2) is 48.7. The van der Waals surface area contributed by atoms with Crippen LogP contribution in [0.25, 0.3) is 11.4 Å². The number of fused-ring (bicyclic) bond motifs is 1. The molecule has 145 heavy (non-hydrogen) atoms. The number of pyridine rings is 1. The largest absolute Gasteiger partial charge is 0.486 e. The van der Waals surface area contributed by atoms with E-state index in [-0.39, 0.29) is 96.2 Å². The van der Waals surface area contributed by atoms with E-state index in [9.17, 15) is 77.8 Å². The molecule has 3 atom stereocenters. The third-order valence-electron chi connectivity index (χ3n) is 26.1. The number of carbonyl (C=O) groups is 6. The molecule has 1 N–H and O–H groups in total. The van der Waals surface area contributed by atoms with Crippen molar-refractivity contribution < 1.29 is 106 Å². The lowest BCUT2D eigenvalue weighted by molar-refractivity contribution is -0.141. The number of nitrogens with zero attached hydrogens (tertiary/aromatic N) is 12. The summed E-state index contributed by atoms with van der Waals surface area (Å²) in [4.78, 5) is 103. The van der Waals surface area contributed by atoms with Crippen molar-refractivity contribution in [1.29, 1.82) is 0 Å². The summed E-state index contributed by atoms with van der Waals surface area (Å²) in [6.07, 6.45) is -0.335. The van der Waals surface area contributed by atoms with Crippen molar-refractivity contribution in [2.24, 2.45) is 30.7 Å². The normalized spacial score (nSPS) is 17.6. The van der Waals surface area contributed by atoms with Crippen LogP contribution >= 0.6 is 11.8 Å². The summed E-state index contributed by atoms with van der Waals surface area (Å²) in [7, 11) is 1.88. The minimum atomic E-state index is -4.50. The minimum absolute atomic E-state index is 0.0107. The van der Waals surface area contributed by atoms with E-state index in [4.69, 9.17) is 28.0 Å². The van der Waals surface area contributed by atoms with Gasteiger partial charge in [-0.2, -0.15) is 61.2 Å². The Morgan fingerprint density at radius 3 is 1.88 bits per heavy atom. The second-order valence-electron chi connectivity index (χ2n) is 36.0. The van der Waals surface area contributed by atoms with Gasteiger partial charge in [0.2, 0.25) is 42.1 Å².